The van der Waals surface area contributed by atoms with Crippen molar-refractivity contribution >= 4 is 11.5 Å². The molecule has 0 aliphatic rings. The van der Waals surface area contributed by atoms with E-state index in [0.29, 0.717) is 6.04 Å². The van der Waals surface area contributed by atoms with Crippen molar-refractivity contribution in [1.82, 2.24) is 19.6 Å². The van der Waals surface area contributed by atoms with Crippen LogP contribution in [0.2, 0.25) is 0 Å². The van der Waals surface area contributed by atoms with Gasteiger partial charge in [0, 0.05) is 18.4 Å². The van der Waals surface area contributed by atoms with Gasteiger partial charge in [0.25, 0.3) is 0 Å². The van der Waals surface area contributed by atoms with E-state index in [1.807, 2.05) is 10.6 Å². The SMILES string of the molecule is CCCC(CC)Nc1nccn2cnnc12. The molecular formula is C11H17N5. The first-order chi connectivity index (χ1) is 7.85. The molecule has 1 unspecified atom stereocenters. The molecule has 0 bridgehead atoms. The average Bonchev–Trinajstić information content (AvgIpc) is 2.77. The molecule has 2 rings (SSSR count). The second kappa shape index (κ2) is 4.92. The van der Waals surface area contributed by atoms with Crippen LogP contribution in [0.25, 0.3) is 5.65 Å². The molecule has 0 spiro atoms. The van der Waals surface area contributed by atoms with Crippen LogP contribution in [0.4, 0.5) is 5.82 Å². The fourth-order valence-electron chi connectivity index (χ4n) is 1.78. The van der Waals surface area contributed by atoms with E-state index in [1.165, 1.54) is 6.42 Å². The summed E-state index contributed by atoms with van der Waals surface area (Å²) in [5, 5.41) is 11.4. The van der Waals surface area contributed by atoms with Gasteiger partial charge in [0.15, 0.2) is 5.82 Å². The van der Waals surface area contributed by atoms with Crippen molar-refractivity contribution in [3.05, 3.63) is 18.7 Å². The maximum atomic E-state index is 4.31. The lowest BCUT2D eigenvalue weighted by Crippen LogP contribution is -2.19. The van der Waals surface area contributed by atoms with Crippen molar-refractivity contribution in [2.24, 2.45) is 0 Å². The molecule has 1 atom stereocenters. The quantitative estimate of drug-likeness (QED) is 0.836. The van der Waals surface area contributed by atoms with Crippen LogP contribution < -0.4 is 5.32 Å². The number of anilines is 1. The second-order valence-electron chi connectivity index (χ2n) is 3.88. The van der Waals surface area contributed by atoms with Crippen molar-refractivity contribution in [2.45, 2.75) is 39.2 Å². The van der Waals surface area contributed by atoms with Gasteiger partial charge in [-0.1, -0.05) is 20.3 Å². The normalized spacial score (nSPS) is 12.9. The summed E-state index contributed by atoms with van der Waals surface area (Å²) in [7, 11) is 0. The van der Waals surface area contributed by atoms with Gasteiger partial charge in [-0.05, 0) is 12.8 Å². The fraction of sp³-hybridized carbons (Fsp3) is 0.545. The van der Waals surface area contributed by atoms with Gasteiger partial charge in [0.1, 0.15) is 6.33 Å². The average molecular weight is 219 g/mol. The summed E-state index contributed by atoms with van der Waals surface area (Å²) in [5.41, 5.74) is 0.789. The number of hydrogen-bond acceptors (Lipinski definition) is 4. The molecule has 2 aromatic heterocycles. The zero-order chi connectivity index (χ0) is 11.4. The van der Waals surface area contributed by atoms with Gasteiger partial charge in [-0.2, -0.15) is 0 Å². The summed E-state index contributed by atoms with van der Waals surface area (Å²) < 4.78 is 1.87. The molecule has 0 fully saturated rings. The van der Waals surface area contributed by atoms with Crippen LogP contribution in [0, 0.1) is 0 Å². The van der Waals surface area contributed by atoms with Gasteiger partial charge in [-0.25, -0.2) is 4.98 Å². The summed E-state index contributed by atoms with van der Waals surface area (Å²) in [6.45, 7) is 4.37. The lowest BCUT2D eigenvalue weighted by atomic mass is 10.1. The minimum absolute atomic E-state index is 0.459. The molecule has 0 amide bonds. The van der Waals surface area contributed by atoms with E-state index >= 15 is 0 Å². The Kier molecular flexibility index (Phi) is 3.34. The summed E-state index contributed by atoms with van der Waals surface area (Å²) in [5.74, 6) is 0.820. The minimum Gasteiger partial charge on any atom is -0.364 e. The topological polar surface area (TPSA) is 55.1 Å². The van der Waals surface area contributed by atoms with Gasteiger partial charge in [0.2, 0.25) is 5.65 Å². The van der Waals surface area contributed by atoms with Gasteiger partial charge in [-0.3, -0.25) is 4.40 Å². The van der Waals surface area contributed by atoms with Crippen LogP contribution in [0.5, 0.6) is 0 Å². The van der Waals surface area contributed by atoms with Crippen molar-refractivity contribution in [1.29, 1.82) is 0 Å². The highest BCUT2D eigenvalue weighted by Crippen LogP contribution is 2.14. The second-order valence-corrected chi connectivity index (χ2v) is 3.88. The molecule has 2 aromatic rings. The van der Waals surface area contributed by atoms with E-state index in [4.69, 9.17) is 0 Å². The maximum Gasteiger partial charge on any atom is 0.203 e. The van der Waals surface area contributed by atoms with E-state index in [0.717, 1.165) is 24.3 Å². The maximum absolute atomic E-state index is 4.31. The molecule has 0 radical (unpaired) electrons. The van der Waals surface area contributed by atoms with Gasteiger partial charge in [0.05, 0.1) is 0 Å². The molecule has 0 aliphatic carbocycles. The van der Waals surface area contributed by atoms with Crippen molar-refractivity contribution in [2.75, 3.05) is 5.32 Å². The molecular weight excluding hydrogens is 202 g/mol. The summed E-state index contributed by atoms with van der Waals surface area (Å²) in [4.78, 5) is 4.31. The van der Waals surface area contributed by atoms with Crippen LogP contribution in [0.15, 0.2) is 18.7 Å². The third-order valence-corrected chi connectivity index (χ3v) is 2.69. The lowest BCUT2D eigenvalue weighted by molar-refractivity contribution is 0.620. The van der Waals surface area contributed by atoms with Crippen LogP contribution in [0.3, 0.4) is 0 Å². The van der Waals surface area contributed by atoms with Crippen molar-refractivity contribution < 1.29 is 0 Å². The first-order valence-corrected chi connectivity index (χ1v) is 5.76. The third-order valence-electron chi connectivity index (χ3n) is 2.69. The number of fused-ring (bicyclic) bond motifs is 1. The van der Waals surface area contributed by atoms with Crippen LogP contribution in [-0.4, -0.2) is 25.6 Å². The highest BCUT2D eigenvalue weighted by Gasteiger charge is 2.09. The molecule has 2 heterocycles. The summed E-state index contributed by atoms with van der Waals surface area (Å²) >= 11 is 0. The molecule has 5 heteroatoms. The summed E-state index contributed by atoms with van der Waals surface area (Å²) in [6, 6.07) is 0.459. The minimum atomic E-state index is 0.459. The first-order valence-electron chi connectivity index (χ1n) is 5.76. The molecule has 0 saturated carbocycles. The molecule has 86 valence electrons. The molecule has 0 aliphatic heterocycles. The molecule has 16 heavy (non-hydrogen) atoms. The predicted molar refractivity (Wildman–Crippen MR) is 63.4 cm³/mol. The Morgan fingerprint density at radius 1 is 1.44 bits per heavy atom. The smallest absolute Gasteiger partial charge is 0.203 e. The lowest BCUT2D eigenvalue weighted by Gasteiger charge is -2.16. The fourth-order valence-corrected chi connectivity index (χ4v) is 1.78. The van der Waals surface area contributed by atoms with Crippen LogP contribution in [0.1, 0.15) is 33.1 Å². The third kappa shape index (κ3) is 2.13. The first kappa shape index (κ1) is 10.9. The highest BCUT2D eigenvalue weighted by atomic mass is 15.2. The van der Waals surface area contributed by atoms with E-state index in [2.05, 4.69) is 34.3 Å². The van der Waals surface area contributed by atoms with E-state index < -0.39 is 0 Å². The molecule has 5 nitrogen and oxygen atoms in total. The Hall–Kier alpha value is -1.65. The Labute approximate surface area is 94.9 Å². The Morgan fingerprint density at radius 2 is 2.31 bits per heavy atom. The zero-order valence-corrected chi connectivity index (χ0v) is 9.72. The standard InChI is InChI=1S/C11H17N5/c1-3-5-9(4-2)14-10-11-15-13-8-16(11)7-6-12-10/h6-9H,3-5H2,1-2H3,(H,12,14). The highest BCUT2D eigenvalue weighted by molar-refractivity contribution is 5.61. The van der Waals surface area contributed by atoms with E-state index in [-0.39, 0.29) is 0 Å². The predicted octanol–water partition coefficient (Wildman–Crippen LogP) is 2.11. The number of nitrogens with zero attached hydrogens (tertiary/aromatic N) is 4. The van der Waals surface area contributed by atoms with E-state index in [9.17, 15) is 0 Å². The van der Waals surface area contributed by atoms with E-state index in [1.54, 1.807) is 12.5 Å². The van der Waals surface area contributed by atoms with Gasteiger partial charge >= 0.3 is 0 Å². The number of hydrogen-bond donors (Lipinski definition) is 1. The largest absolute Gasteiger partial charge is 0.364 e. The van der Waals surface area contributed by atoms with Crippen LogP contribution >= 0.6 is 0 Å². The number of aromatic nitrogens is 4. The Balaban J connectivity index is 2.22. The summed E-state index contributed by atoms with van der Waals surface area (Å²) in [6.07, 6.45) is 8.70. The Morgan fingerprint density at radius 3 is 3.06 bits per heavy atom. The molecule has 0 aromatic carbocycles. The van der Waals surface area contributed by atoms with Crippen LogP contribution in [-0.2, 0) is 0 Å². The van der Waals surface area contributed by atoms with Crippen molar-refractivity contribution in [3.63, 3.8) is 0 Å². The number of rotatable bonds is 5. The Bertz CT molecular complexity index is 450. The van der Waals surface area contributed by atoms with Gasteiger partial charge < -0.3 is 5.32 Å². The molecule has 0 saturated heterocycles. The number of nitrogens with one attached hydrogen (secondary N) is 1. The zero-order valence-electron chi connectivity index (χ0n) is 9.72. The monoisotopic (exact) mass is 219 g/mol. The van der Waals surface area contributed by atoms with Crippen molar-refractivity contribution in [3.8, 4) is 0 Å². The van der Waals surface area contributed by atoms with Gasteiger partial charge in [-0.15, -0.1) is 10.2 Å². The molecule has 1 N–H and O–H groups in total.